The Kier molecular flexibility index (Phi) is 4.85. The maximum absolute atomic E-state index is 12.0. The Morgan fingerprint density at radius 2 is 2.24 bits per heavy atom. The van der Waals surface area contributed by atoms with Gasteiger partial charge < -0.3 is 19.7 Å². The van der Waals surface area contributed by atoms with Crippen LogP contribution in [-0.2, 0) is 24.1 Å². The highest BCUT2D eigenvalue weighted by Gasteiger charge is 2.31. The SMILES string of the molecule is CC(C)OC(=O)NC1Cc2c(n(Cc3ccncc3O)c3c(C#N)cccc23)C1. The first-order valence-electron chi connectivity index (χ1n) is 9.60. The number of amides is 1. The monoisotopic (exact) mass is 390 g/mol. The summed E-state index contributed by atoms with van der Waals surface area (Å²) in [6.07, 6.45) is 3.76. The highest BCUT2D eigenvalue weighted by atomic mass is 16.6. The van der Waals surface area contributed by atoms with Gasteiger partial charge in [0, 0.05) is 35.3 Å². The topological polar surface area (TPSA) is 100 Å². The van der Waals surface area contributed by atoms with Crippen LogP contribution in [0.5, 0.6) is 5.75 Å². The van der Waals surface area contributed by atoms with Crippen molar-refractivity contribution in [3.05, 3.63) is 59.0 Å². The highest BCUT2D eigenvalue weighted by Crippen LogP contribution is 2.36. The number of hydrogen-bond acceptors (Lipinski definition) is 5. The number of benzene rings is 1. The number of fused-ring (bicyclic) bond motifs is 3. The van der Waals surface area contributed by atoms with E-state index in [1.807, 2.05) is 26.0 Å². The summed E-state index contributed by atoms with van der Waals surface area (Å²) in [5.74, 6) is 0.116. The van der Waals surface area contributed by atoms with Gasteiger partial charge in [0.25, 0.3) is 0 Å². The molecule has 3 aromatic rings. The van der Waals surface area contributed by atoms with E-state index in [0.29, 0.717) is 24.9 Å². The highest BCUT2D eigenvalue weighted by molar-refractivity contribution is 5.91. The van der Waals surface area contributed by atoms with Crippen molar-refractivity contribution in [2.75, 3.05) is 0 Å². The molecule has 1 amide bonds. The number of ether oxygens (including phenoxy) is 1. The van der Waals surface area contributed by atoms with E-state index in [9.17, 15) is 15.2 Å². The second kappa shape index (κ2) is 7.47. The molecule has 0 aliphatic heterocycles. The molecule has 7 heteroatoms. The smallest absolute Gasteiger partial charge is 0.407 e. The van der Waals surface area contributed by atoms with Crippen molar-refractivity contribution in [3.63, 3.8) is 0 Å². The summed E-state index contributed by atoms with van der Waals surface area (Å²) < 4.78 is 7.29. The Labute approximate surface area is 168 Å². The second-order valence-corrected chi connectivity index (χ2v) is 7.53. The Morgan fingerprint density at radius 3 is 2.97 bits per heavy atom. The minimum atomic E-state index is -0.421. The van der Waals surface area contributed by atoms with E-state index in [0.717, 1.165) is 27.7 Å². The lowest BCUT2D eigenvalue weighted by Crippen LogP contribution is -2.37. The van der Waals surface area contributed by atoms with Gasteiger partial charge in [-0.25, -0.2) is 4.79 Å². The van der Waals surface area contributed by atoms with Gasteiger partial charge in [-0.1, -0.05) is 12.1 Å². The number of aromatic hydroxyl groups is 1. The zero-order valence-electron chi connectivity index (χ0n) is 16.3. The Bertz CT molecular complexity index is 1130. The van der Waals surface area contributed by atoms with Gasteiger partial charge in [-0.3, -0.25) is 4.98 Å². The number of rotatable bonds is 4. The van der Waals surface area contributed by atoms with E-state index >= 15 is 0 Å². The molecule has 7 nitrogen and oxygen atoms in total. The van der Waals surface area contributed by atoms with Gasteiger partial charge in [0.1, 0.15) is 11.8 Å². The number of carbonyl (C=O) groups excluding carboxylic acids is 1. The quantitative estimate of drug-likeness (QED) is 0.712. The van der Waals surface area contributed by atoms with Crippen molar-refractivity contribution >= 4 is 17.0 Å². The third-order valence-corrected chi connectivity index (χ3v) is 5.20. The van der Waals surface area contributed by atoms with E-state index in [4.69, 9.17) is 4.74 Å². The number of aromatic nitrogens is 2. The van der Waals surface area contributed by atoms with Crippen LogP contribution in [-0.4, -0.2) is 32.9 Å². The first-order valence-corrected chi connectivity index (χ1v) is 9.60. The molecule has 1 aliphatic carbocycles. The standard InChI is InChI=1S/C22H22N4O3/c1-13(2)29-22(28)25-16-8-18-17-5-3-4-14(10-23)21(17)26(19(18)9-16)12-15-6-7-24-11-20(15)27/h3-7,11,13,16,27H,8-9,12H2,1-2H3,(H,25,28). The Hall–Kier alpha value is -3.53. The molecule has 4 rings (SSSR count). The second-order valence-electron chi connectivity index (χ2n) is 7.53. The molecule has 0 spiro atoms. The molecule has 1 aliphatic rings. The van der Waals surface area contributed by atoms with E-state index in [2.05, 4.69) is 20.9 Å². The minimum Gasteiger partial charge on any atom is -0.506 e. The molecule has 0 saturated heterocycles. The molecule has 2 N–H and O–H groups in total. The molecule has 29 heavy (non-hydrogen) atoms. The molecule has 1 atom stereocenters. The summed E-state index contributed by atoms with van der Waals surface area (Å²) in [7, 11) is 0. The maximum Gasteiger partial charge on any atom is 0.407 e. The van der Waals surface area contributed by atoms with Gasteiger partial charge in [0.05, 0.1) is 29.9 Å². The van der Waals surface area contributed by atoms with Gasteiger partial charge in [0.15, 0.2) is 0 Å². The lowest BCUT2D eigenvalue weighted by Gasteiger charge is -2.16. The van der Waals surface area contributed by atoms with Gasteiger partial charge >= 0.3 is 6.09 Å². The average Bonchev–Trinajstić information content (AvgIpc) is 3.20. The summed E-state index contributed by atoms with van der Waals surface area (Å²) in [5, 5.41) is 23.8. The van der Waals surface area contributed by atoms with E-state index in [1.54, 1.807) is 18.3 Å². The maximum atomic E-state index is 12.0. The number of para-hydroxylation sites is 1. The molecule has 1 aromatic carbocycles. The Morgan fingerprint density at radius 1 is 1.41 bits per heavy atom. The number of hydrogen-bond donors (Lipinski definition) is 2. The van der Waals surface area contributed by atoms with Crippen LogP contribution in [0.2, 0.25) is 0 Å². The molecule has 0 fully saturated rings. The fourth-order valence-electron chi connectivity index (χ4n) is 4.04. The number of alkyl carbamates (subject to hydrolysis) is 1. The molecule has 0 radical (unpaired) electrons. The summed E-state index contributed by atoms with van der Waals surface area (Å²) in [6, 6.07) is 9.67. The van der Waals surface area contributed by atoms with Crippen molar-refractivity contribution in [2.45, 2.75) is 45.4 Å². The number of nitrogens with one attached hydrogen (secondary N) is 1. The van der Waals surface area contributed by atoms with Gasteiger partial charge in [-0.2, -0.15) is 5.26 Å². The first-order chi connectivity index (χ1) is 14.0. The summed E-state index contributed by atoms with van der Waals surface area (Å²) in [4.78, 5) is 16.0. The van der Waals surface area contributed by atoms with Crippen LogP contribution in [0.4, 0.5) is 4.79 Å². The van der Waals surface area contributed by atoms with Gasteiger partial charge in [-0.05, 0) is 38.0 Å². The molecule has 2 aromatic heterocycles. The van der Waals surface area contributed by atoms with Gasteiger partial charge in [-0.15, -0.1) is 0 Å². The summed E-state index contributed by atoms with van der Waals surface area (Å²) in [6.45, 7) is 4.05. The minimum absolute atomic E-state index is 0.0707. The largest absolute Gasteiger partial charge is 0.506 e. The lowest BCUT2D eigenvalue weighted by molar-refractivity contribution is 0.112. The summed E-state index contributed by atoms with van der Waals surface area (Å²) >= 11 is 0. The van der Waals surface area contributed by atoms with Crippen molar-refractivity contribution in [3.8, 4) is 11.8 Å². The molecule has 2 heterocycles. The van der Waals surface area contributed by atoms with Crippen molar-refractivity contribution in [2.24, 2.45) is 0 Å². The number of carbonyl (C=O) groups is 1. The van der Waals surface area contributed by atoms with Crippen molar-refractivity contribution in [1.82, 2.24) is 14.9 Å². The molecule has 148 valence electrons. The van der Waals surface area contributed by atoms with Crippen LogP contribution in [0, 0.1) is 11.3 Å². The van der Waals surface area contributed by atoms with Crippen LogP contribution in [0.15, 0.2) is 36.7 Å². The zero-order valence-corrected chi connectivity index (χ0v) is 16.3. The number of pyridine rings is 1. The van der Waals surface area contributed by atoms with Crippen LogP contribution in [0.3, 0.4) is 0 Å². The lowest BCUT2D eigenvalue weighted by atomic mass is 10.1. The summed E-state index contributed by atoms with van der Waals surface area (Å²) in [5.41, 5.74) is 4.37. The predicted octanol–water partition coefficient (Wildman–Crippen LogP) is 3.26. The third kappa shape index (κ3) is 3.49. The molecule has 1 unspecified atom stereocenters. The van der Waals surface area contributed by atoms with Crippen LogP contribution in [0.25, 0.3) is 10.9 Å². The number of nitriles is 1. The number of nitrogens with zero attached hydrogens (tertiary/aromatic N) is 3. The predicted molar refractivity (Wildman–Crippen MR) is 108 cm³/mol. The van der Waals surface area contributed by atoms with E-state index in [1.165, 1.54) is 6.20 Å². The third-order valence-electron chi connectivity index (χ3n) is 5.20. The fraction of sp³-hybridized carbons (Fsp3) is 0.318. The molecular weight excluding hydrogens is 368 g/mol. The van der Waals surface area contributed by atoms with Crippen molar-refractivity contribution in [1.29, 1.82) is 5.26 Å². The fourth-order valence-corrected chi connectivity index (χ4v) is 4.04. The van der Waals surface area contributed by atoms with Crippen LogP contribution < -0.4 is 5.32 Å². The van der Waals surface area contributed by atoms with E-state index < -0.39 is 6.09 Å². The van der Waals surface area contributed by atoms with E-state index in [-0.39, 0.29) is 17.9 Å². The normalized spacial score (nSPS) is 15.3. The van der Waals surface area contributed by atoms with Crippen molar-refractivity contribution < 1.29 is 14.6 Å². The molecule has 0 bridgehead atoms. The van der Waals surface area contributed by atoms with Crippen LogP contribution in [0.1, 0.15) is 36.2 Å². The molecule has 0 saturated carbocycles. The van der Waals surface area contributed by atoms with Gasteiger partial charge in [0.2, 0.25) is 0 Å². The van der Waals surface area contributed by atoms with Crippen LogP contribution >= 0.6 is 0 Å². The average molecular weight is 390 g/mol. The zero-order chi connectivity index (χ0) is 20.5. The first kappa shape index (κ1) is 18.8. The Balaban J connectivity index is 1.74. The molecular formula is C22H22N4O3.